The van der Waals surface area contributed by atoms with Gasteiger partial charge in [-0.15, -0.1) is 0 Å². The number of benzene rings is 1. The van der Waals surface area contributed by atoms with E-state index in [1.54, 1.807) is 4.90 Å². The van der Waals surface area contributed by atoms with E-state index in [9.17, 15) is 9.59 Å². The molecule has 0 saturated heterocycles. The van der Waals surface area contributed by atoms with E-state index in [1.165, 1.54) is 7.11 Å². The van der Waals surface area contributed by atoms with E-state index in [0.717, 1.165) is 5.56 Å². The normalized spacial score (nSPS) is 12.0. The number of rotatable bonds is 7. The van der Waals surface area contributed by atoms with Crippen molar-refractivity contribution < 1.29 is 14.3 Å². The maximum atomic E-state index is 12.5. The molecule has 5 nitrogen and oxygen atoms in total. The van der Waals surface area contributed by atoms with Crippen LogP contribution in [0.25, 0.3) is 0 Å². The van der Waals surface area contributed by atoms with E-state index >= 15 is 0 Å². The van der Waals surface area contributed by atoms with Crippen LogP contribution in [0.1, 0.15) is 31.9 Å². The third-order valence-electron chi connectivity index (χ3n) is 3.14. The first-order chi connectivity index (χ1) is 9.95. The summed E-state index contributed by atoms with van der Waals surface area (Å²) in [5, 5.41) is 0. The molecule has 0 bridgehead atoms. The smallest absolute Gasteiger partial charge is 0.307 e. The number of ether oxygens (including phenoxy) is 1. The Hall–Kier alpha value is -1.88. The van der Waals surface area contributed by atoms with Crippen molar-refractivity contribution in [3.8, 4) is 0 Å². The van der Waals surface area contributed by atoms with E-state index < -0.39 is 6.04 Å². The van der Waals surface area contributed by atoms with Crippen molar-refractivity contribution in [2.75, 3.05) is 20.2 Å². The second kappa shape index (κ2) is 8.42. The first kappa shape index (κ1) is 17.2. The zero-order chi connectivity index (χ0) is 15.8. The Morgan fingerprint density at radius 2 is 1.86 bits per heavy atom. The van der Waals surface area contributed by atoms with Gasteiger partial charge in [-0.25, -0.2) is 0 Å². The molecule has 5 heteroatoms. The number of carbonyl (C=O) groups is 2. The van der Waals surface area contributed by atoms with E-state index in [-0.39, 0.29) is 18.3 Å². The van der Waals surface area contributed by atoms with Crippen LogP contribution in [-0.2, 0) is 14.3 Å². The van der Waals surface area contributed by atoms with Gasteiger partial charge in [-0.3, -0.25) is 9.59 Å². The Balaban J connectivity index is 2.76. The predicted molar refractivity (Wildman–Crippen MR) is 81.4 cm³/mol. The summed E-state index contributed by atoms with van der Waals surface area (Å²) in [7, 11) is 1.34. The fraction of sp³-hybridized carbons (Fsp3) is 0.500. The first-order valence-corrected chi connectivity index (χ1v) is 7.11. The lowest BCUT2D eigenvalue weighted by Gasteiger charge is -2.27. The van der Waals surface area contributed by atoms with Crippen molar-refractivity contribution >= 4 is 11.9 Å². The summed E-state index contributed by atoms with van der Waals surface area (Å²) in [6.07, 6.45) is 0.177. The van der Waals surface area contributed by atoms with Gasteiger partial charge in [0, 0.05) is 13.1 Å². The summed E-state index contributed by atoms with van der Waals surface area (Å²) >= 11 is 0. The number of nitrogens with two attached hydrogens (primary N) is 1. The fourth-order valence-electron chi connectivity index (χ4n) is 2.06. The summed E-state index contributed by atoms with van der Waals surface area (Å²) in [4.78, 5) is 25.4. The summed E-state index contributed by atoms with van der Waals surface area (Å²) in [6.45, 7) is 4.93. The van der Waals surface area contributed by atoms with Crippen LogP contribution >= 0.6 is 0 Å². The molecule has 116 valence electrons. The Morgan fingerprint density at radius 3 is 2.38 bits per heavy atom. The minimum absolute atomic E-state index is 0.168. The molecule has 0 radical (unpaired) electrons. The van der Waals surface area contributed by atoms with Gasteiger partial charge in [-0.1, -0.05) is 44.2 Å². The SMILES string of the molecule is COC(=O)CCN(CC(C)C)C(=O)[C@@H](N)c1ccccc1. The average Bonchev–Trinajstić information content (AvgIpc) is 2.50. The molecular formula is C16H24N2O3. The van der Waals surface area contributed by atoms with Gasteiger partial charge in [0.25, 0.3) is 0 Å². The van der Waals surface area contributed by atoms with Crippen molar-refractivity contribution in [1.29, 1.82) is 0 Å². The molecule has 0 aliphatic heterocycles. The molecular weight excluding hydrogens is 268 g/mol. The molecule has 2 N–H and O–H groups in total. The molecule has 0 fully saturated rings. The number of carbonyl (C=O) groups excluding carboxylic acids is 2. The van der Waals surface area contributed by atoms with Crippen molar-refractivity contribution in [3.63, 3.8) is 0 Å². The van der Waals surface area contributed by atoms with Crippen LogP contribution in [0.15, 0.2) is 30.3 Å². The molecule has 0 aromatic heterocycles. The van der Waals surface area contributed by atoms with Crippen molar-refractivity contribution in [1.82, 2.24) is 4.90 Å². The molecule has 1 aromatic carbocycles. The highest BCUT2D eigenvalue weighted by atomic mass is 16.5. The van der Waals surface area contributed by atoms with Gasteiger partial charge in [0.15, 0.2) is 0 Å². The number of hydrogen-bond acceptors (Lipinski definition) is 4. The highest BCUT2D eigenvalue weighted by molar-refractivity contribution is 5.83. The van der Waals surface area contributed by atoms with Gasteiger partial charge in [-0.05, 0) is 11.5 Å². The highest BCUT2D eigenvalue weighted by Crippen LogP contribution is 2.14. The Bertz CT molecular complexity index is 460. The number of methoxy groups -OCH3 is 1. The first-order valence-electron chi connectivity index (χ1n) is 7.11. The number of amides is 1. The molecule has 0 heterocycles. The van der Waals surface area contributed by atoms with Crippen LogP contribution in [0.4, 0.5) is 0 Å². The van der Waals surface area contributed by atoms with Gasteiger partial charge >= 0.3 is 5.97 Å². The minimum atomic E-state index is -0.706. The molecule has 0 aliphatic rings. The number of nitrogens with zero attached hydrogens (tertiary/aromatic N) is 1. The number of hydrogen-bond donors (Lipinski definition) is 1. The lowest BCUT2D eigenvalue weighted by atomic mass is 10.1. The molecule has 0 saturated carbocycles. The van der Waals surface area contributed by atoms with Crippen molar-refractivity contribution in [2.24, 2.45) is 11.7 Å². The third kappa shape index (κ3) is 5.55. The summed E-state index contributed by atoms with van der Waals surface area (Å²) in [5.74, 6) is -0.196. The molecule has 1 atom stereocenters. The maximum absolute atomic E-state index is 12.5. The third-order valence-corrected chi connectivity index (χ3v) is 3.14. The summed E-state index contributed by atoms with van der Waals surface area (Å²) in [6, 6.07) is 8.53. The maximum Gasteiger partial charge on any atom is 0.307 e. The predicted octanol–water partition coefficient (Wildman–Crippen LogP) is 1.73. The molecule has 1 aromatic rings. The molecule has 21 heavy (non-hydrogen) atoms. The van der Waals surface area contributed by atoms with Crippen molar-refractivity contribution in [3.05, 3.63) is 35.9 Å². The van der Waals surface area contributed by atoms with Gasteiger partial charge in [0.05, 0.1) is 13.5 Å². The quantitative estimate of drug-likeness (QED) is 0.777. The van der Waals surface area contributed by atoms with Gasteiger partial charge in [-0.2, -0.15) is 0 Å². The molecule has 0 unspecified atom stereocenters. The lowest BCUT2D eigenvalue weighted by molar-refractivity contribution is -0.142. The van der Waals surface area contributed by atoms with Crippen LogP contribution in [0.5, 0.6) is 0 Å². The van der Waals surface area contributed by atoms with Crippen LogP contribution in [0.2, 0.25) is 0 Å². The van der Waals surface area contributed by atoms with Gasteiger partial charge in [0.1, 0.15) is 6.04 Å². The van der Waals surface area contributed by atoms with E-state index in [0.29, 0.717) is 19.0 Å². The van der Waals surface area contributed by atoms with Gasteiger partial charge in [0.2, 0.25) is 5.91 Å². The fourth-order valence-corrected chi connectivity index (χ4v) is 2.06. The molecule has 1 rings (SSSR count). The van der Waals surface area contributed by atoms with E-state index in [4.69, 9.17) is 5.73 Å². The second-order valence-corrected chi connectivity index (χ2v) is 5.39. The topological polar surface area (TPSA) is 72.6 Å². The zero-order valence-corrected chi connectivity index (χ0v) is 12.9. The van der Waals surface area contributed by atoms with Crippen LogP contribution < -0.4 is 5.73 Å². The van der Waals surface area contributed by atoms with E-state index in [2.05, 4.69) is 4.74 Å². The monoisotopic (exact) mass is 292 g/mol. The minimum Gasteiger partial charge on any atom is -0.469 e. The average molecular weight is 292 g/mol. The second-order valence-electron chi connectivity index (χ2n) is 5.39. The Morgan fingerprint density at radius 1 is 1.24 bits per heavy atom. The highest BCUT2D eigenvalue weighted by Gasteiger charge is 2.23. The number of esters is 1. The molecule has 1 amide bonds. The molecule has 0 spiro atoms. The lowest BCUT2D eigenvalue weighted by Crippen LogP contribution is -2.41. The Kier molecular flexibility index (Phi) is 6.88. The molecule has 0 aliphatic carbocycles. The zero-order valence-electron chi connectivity index (χ0n) is 12.9. The van der Waals surface area contributed by atoms with Gasteiger partial charge < -0.3 is 15.4 Å². The van der Waals surface area contributed by atoms with Crippen LogP contribution in [0, 0.1) is 5.92 Å². The summed E-state index contributed by atoms with van der Waals surface area (Å²) in [5.41, 5.74) is 6.82. The van der Waals surface area contributed by atoms with Crippen molar-refractivity contribution in [2.45, 2.75) is 26.3 Å². The van der Waals surface area contributed by atoms with Crippen LogP contribution in [0.3, 0.4) is 0 Å². The van der Waals surface area contributed by atoms with E-state index in [1.807, 2.05) is 44.2 Å². The van der Waals surface area contributed by atoms with Crippen LogP contribution in [-0.4, -0.2) is 37.0 Å². The Labute approximate surface area is 126 Å². The standard InChI is InChI=1S/C16H24N2O3/c1-12(2)11-18(10-9-14(19)21-3)16(20)15(17)13-7-5-4-6-8-13/h4-8,12,15H,9-11,17H2,1-3H3/t15-/m0/s1. The largest absolute Gasteiger partial charge is 0.469 e. The summed E-state index contributed by atoms with van der Waals surface area (Å²) < 4.78 is 4.62.